The average Bonchev–Trinajstić information content (AvgIpc) is 2.73. The van der Waals surface area contributed by atoms with Gasteiger partial charge >= 0.3 is 0 Å². The summed E-state index contributed by atoms with van der Waals surface area (Å²) in [5.41, 5.74) is 3.37. The van der Waals surface area contributed by atoms with Gasteiger partial charge in [-0.15, -0.1) is 0 Å². The van der Waals surface area contributed by atoms with Crippen molar-refractivity contribution in [1.29, 1.82) is 0 Å². The van der Waals surface area contributed by atoms with Crippen molar-refractivity contribution in [1.82, 2.24) is 14.6 Å². The molecule has 0 fully saturated rings. The van der Waals surface area contributed by atoms with Gasteiger partial charge in [-0.2, -0.15) is 5.10 Å². The Morgan fingerprint density at radius 3 is 2.72 bits per heavy atom. The second-order valence-corrected chi connectivity index (χ2v) is 5.25. The van der Waals surface area contributed by atoms with Crippen molar-refractivity contribution in [2.24, 2.45) is 0 Å². The second-order valence-electron chi connectivity index (χ2n) is 4.34. The topological polar surface area (TPSA) is 30.2 Å². The number of pyridine rings is 1. The van der Waals surface area contributed by atoms with Crippen molar-refractivity contribution in [3.8, 4) is 0 Å². The largest absolute Gasteiger partial charge is 0.221 e. The van der Waals surface area contributed by atoms with Gasteiger partial charge in [0.1, 0.15) is 0 Å². The fourth-order valence-electron chi connectivity index (χ4n) is 1.87. The van der Waals surface area contributed by atoms with E-state index in [4.69, 9.17) is 0 Å². The number of hydrogen-bond donors (Lipinski definition) is 0. The number of aryl methyl sites for hydroxylation is 1. The molecule has 0 saturated carbocycles. The molecule has 4 heteroatoms. The van der Waals surface area contributed by atoms with E-state index in [1.54, 1.807) is 4.52 Å². The molecule has 0 saturated heterocycles. The van der Waals surface area contributed by atoms with Gasteiger partial charge < -0.3 is 0 Å². The van der Waals surface area contributed by atoms with Gasteiger partial charge in [-0.1, -0.05) is 45.8 Å². The number of nitrogens with zero attached hydrogens (tertiary/aromatic N) is 3. The van der Waals surface area contributed by atoms with E-state index in [0.29, 0.717) is 0 Å². The lowest BCUT2D eigenvalue weighted by Crippen LogP contribution is -1.92. The maximum absolute atomic E-state index is 4.51. The number of fused-ring (bicyclic) bond motifs is 1. The SMILES string of the molecule is Cc1ccc(Cc2nc3cc(Br)ccn3n2)cc1. The maximum Gasteiger partial charge on any atom is 0.156 e. The van der Waals surface area contributed by atoms with E-state index in [-0.39, 0.29) is 0 Å². The Bertz CT molecular complexity index is 686. The molecule has 0 aliphatic rings. The van der Waals surface area contributed by atoms with Crippen molar-refractivity contribution in [2.45, 2.75) is 13.3 Å². The summed E-state index contributed by atoms with van der Waals surface area (Å²) < 4.78 is 2.82. The van der Waals surface area contributed by atoms with Gasteiger partial charge in [0.05, 0.1) is 0 Å². The number of rotatable bonds is 2. The van der Waals surface area contributed by atoms with E-state index in [2.05, 4.69) is 57.2 Å². The fraction of sp³-hybridized carbons (Fsp3) is 0.143. The van der Waals surface area contributed by atoms with Crippen LogP contribution in [0.25, 0.3) is 5.65 Å². The Morgan fingerprint density at radius 1 is 1.17 bits per heavy atom. The molecule has 1 aromatic carbocycles. The molecule has 0 bridgehead atoms. The lowest BCUT2D eigenvalue weighted by Gasteiger charge is -1.97. The summed E-state index contributed by atoms with van der Waals surface area (Å²) in [6.45, 7) is 2.09. The van der Waals surface area contributed by atoms with Crippen LogP contribution in [0.4, 0.5) is 0 Å². The molecular formula is C14H12BrN3. The van der Waals surface area contributed by atoms with Crippen molar-refractivity contribution >= 4 is 21.6 Å². The first-order valence-electron chi connectivity index (χ1n) is 5.77. The summed E-state index contributed by atoms with van der Waals surface area (Å²) >= 11 is 3.44. The molecule has 2 heterocycles. The standard InChI is InChI=1S/C14H12BrN3/c1-10-2-4-11(5-3-10)8-13-16-14-9-12(15)6-7-18(14)17-13/h2-7,9H,8H2,1H3. The van der Waals surface area contributed by atoms with E-state index in [1.807, 2.05) is 18.3 Å². The van der Waals surface area contributed by atoms with Crippen LogP contribution in [0.3, 0.4) is 0 Å². The number of halogens is 1. The Labute approximate surface area is 114 Å². The first kappa shape index (κ1) is 11.4. The lowest BCUT2D eigenvalue weighted by atomic mass is 10.1. The third-order valence-corrected chi connectivity index (χ3v) is 3.32. The molecule has 0 N–H and O–H groups in total. The highest BCUT2D eigenvalue weighted by Crippen LogP contribution is 2.13. The minimum absolute atomic E-state index is 0.763. The summed E-state index contributed by atoms with van der Waals surface area (Å²) in [6, 6.07) is 12.4. The molecule has 0 atom stereocenters. The monoisotopic (exact) mass is 301 g/mol. The molecule has 3 nitrogen and oxygen atoms in total. The fourth-order valence-corrected chi connectivity index (χ4v) is 2.19. The zero-order valence-electron chi connectivity index (χ0n) is 9.97. The first-order valence-corrected chi connectivity index (χ1v) is 6.56. The summed E-state index contributed by atoms with van der Waals surface area (Å²) in [6.07, 6.45) is 2.67. The van der Waals surface area contributed by atoms with Crippen LogP contribution in [0, 0.1) is 6.92 Å². The smallest absolute Gasteiger partial charge is 0.156 e. The van der Waals surface area contributed by atoms with Crippen LogP contribution in [-0.2, 0) is 6.42 Å². The van der Waals surface area contributed by atoms with Crippen LogP contribution in [0.2, 0.25) is 0 Å². The molecule has 18 heavy (non-hydrogen) atoms. The molecule has 0 unspecified atom stereocenters. The lowest BCUT2D eigenvalue weighted by molar-refractivity contribution is 0.899. The molecule has 0 radical (unpaired) electrons. The quantitative estimate of drug-likeness (QED) is 0.726. The third kappa shape index (κ3) is 2.29. The van der Waals surface area contributed by atoms with Crippen LogP contribution in [0.5, 0.6) is 0 Å². The zero-order chi connectivity index (χ0) is 12.5. The zero-order valence-corrected chi connectivity index (χ0v) is 11.6. The predicted octanol–water partition coefficient (Wildman–Crippen LogP) is 3.39. The van der Waals surface area contributed by atoms with E-state index in [0.717, 1.165) is 22.4 Å². The van der Waals surface area contributed by atoms with Gasteiger partial charge in [0.2, 0.25) is 0 Å². The highest BCUT2D eigenvalue weighted by atomic mass is 79.9. The molecule has 2 aromatic heterocycles. The highest BCUT2D eigenvalue weighted by molar-refractivity contribution is 9.10. The van der Waals surface area contributed by atoms with E-state index in [9.17, 15) is 0 Å². The van der Waals surface area contributed by atoms with Gasteiger partial charge in [-0.3, -0.25) is 0 Å². The summed E-state index contributed by atoms with van der Waals surface area (Å²) in [5.74, 6) is 0.844. The molecule has 0 spiro atoms. The molecule has 3 rings (SSSR count). The Balaban J connectivity index is 1.92. The van der Waals surface area contributed by atoms with Crippen molar-refractivity contribution in [3.63, 3.8) is 0 Å². The molecule has 0 aliphatic heterocycles. The molecule has 90 valence electrons. The minimum Gasteiger partial charge on any atom is -0.221 e. The van der Waals surface area contributed by atoms with Crippen LogP contribution in [-0.4, -0.2) is 14.6 Å². The minimum atomic E-state index is 0.763. The Hall–Kier alpha value is -1.68. The van der Waals surface area contributed by atoms with Gasteiger partial charge in [-0.25, -0.2) is 9.50 Å². The normalized spacial score (nSPS) is 11.0. The Morgan fingerprint density at radius 2 is 1.94 bits per heavy atom. The summed E-state index contributed by atoms with van der Waals surface area (Å²) in [7, 11) is 0. The van der Waals surface area contributed by atoms with Crippen LogP contribution < -0.4 is 0 Å². The van der Waals surface area contributed by atoms with Crippen LogP contribution in [0.15, 0.2) is 47.1 Å². The highest BCUT2D eigenvalue weighted by Gasteiger charge is 2.04. The maximum atomic E-state index is 4.51. The van der Waals surface area contributed by atoms with Gasteiger partial charge in [0.25, 0.3) is 0 Å². The van der Waals surface area contributed by atoms with Gasteiger partial charge in [0.15, 0.2) is 11.5 Å². The van der Waals surface area contributed by atoms with Crippen molar-refractivity contribution in [3.05, 3.63) is 64.0 Å². The van der Waals surface area contributed by atoms with E-state index >= 15 is 0 Å². The van der Waals surface area contributed by atoms with Crippen LogP contribution in [0.1, 0.15) is 17.0 Å². The van der Waals surface area contributed by atoms with E-state index in [1.165, 1.54) is 11.1 Å². The van der Waals surface area contributed by atoms with Gasteiger partial charge in [0, 0.05) is 17.1 Å². The third-order valence-electron chi connectivity index (χ3n) is 2.83. The molecular weight excluding hydrogens is 290 g/mol. The Kier molecular flexibility index (Phi) is 2.88. The number of aromatic nitrogens is 3. The molecule has 0 amide bonds. The van der Waals surface area contributed by atoms with Crippen molar-refractivity contribution in [2.75, 3.05) is 0 Å². The molecule has 3 aromatic rings. The van der Waals surface area contributed by atoms with Crippen molar-refractivity contribution < 1.29 is 0 Å². The van der Waals surface area contributed by atoms with Gasteiger partial charge in [-0.05, 0) is 24.6 Å². The molecule has 0 aliphatic carbocycles. The first-order chi connectivity index (χ1) is 8.70. The van der Waals surface area contributed by atoms with Crippen LogP contribution >= 0.6 is 15.9 Å². The average molecular weight is 302 g/mol. The van der Waals surface area contributed by atoms with E-state index < -0.39 is 0 Å². The predicted molar refractivity (Wildman–Crippen MR) is 74.7 cm³/mol. The summed E-state index contributed by atoms with van der Waals surface area (Å²) in [4.78, 5) is 4.51. The second kappa shape index (κ2) is 4.53. The number of benzene rings is 1. The summed E-state index contributed by atoms with van der Waals surface area (Å²) in [5, 5.41) is 4.46. The number of hydrogen-bond acceptors (Lipinski definition) is 2.